The predicted molar refractivity (Wildman–Crippen MR) is 55.4 cm³/mol. The molecule has 0 N–H and O–H groups in total. The molecule has 0 saturated carbocycles. The molecule has 0 radical (unpaired) electrons. The van der Waals surface area contributed by atoms with Crippen molar-refractivity contribution in [2.45, 2.75) is 25.4 Å². The van der Waals surface area contributed by atoms with E-state index >= 15 is 0 Å². The molecular weight excluding hydrogens is 214 g/mol. The highest BCUT2D eigenvalue weighted by Gasteiger charge is 2.16. The summed E-state index contributed by atoms with van der Waals surface area (Å²) in [6.07, 6.45) is 3.01. The Morgan fingerprint density at radius 1 is 1.38 bits per heavy atom. The molecule has 1 atom stereocenters. The average molecular weight is 228 g/mol. The SMILES string of the molecule is Fc1cccc(OCCC2CCCO2)c1F. The third-order valence-electron chi connectivity index (χ3n) is 2.64. The highest BCUT2D eigenvalue weighted by atomic mass is 19.2. The standard InChI is InChI=1S/C12H14F2O2/c13-10-4-1-5-11(12(10)14)16-8-6-9-3-2-7-15-9/h1,4-5,9H,2-3,6-8H2. The van der Waals surface area contributed by atoms with Gasteiger partial charge in [0.05, 0.1) is 12.7 Å². The van der Waals surface area contributed by atoms with Crippen molar-refractivity contribution in [3.63, 3.8) is 0 Å². The second-order valence-corrected chi connectivity index (χ2v) is 3.82. The largest absolute Gasteiger partial charge is 0.490 e. The first kappa shape index (κ1) is 11.3. The second-order valence-electron chi connectivity index (χ2n) is 3.82. The van der Waals surface area contributed by atoms with Crippen molar-refractivity contribution in [3.8, 4) is 5.75 Å². The van der Waals surface area contributed by atoms with Crippen LogP contribution in [0.4, 0.5) is 8.78 Å². The molecule has 88 valence electrons. The van der Waals surface area contributed by atoms with E-state index in [-0.39, 0.29) is 11.9 Å². The van der Waals surface area contributed by atoms with Crippen molar-refractivity contribution in [3.05, 3.63) is 29.8 Å². The number of hydrogen-bond donors (Lipinski definition) is 0. The molecule has 4 heteroatoms. The van der Waals surface area contributed by atoms with Crippen LogP contribution in [0.5, 0.6) is 5.75 Å². The van der Waals surface area contributed by atoms with Crippen LogP contribution in [0.2, 0.25) is 0 Å². The van der Waals surface area contributed by atoms with Crippen LogP contribution >= 0.6 is 0 Å². The van der Waals surface area contributed by atoms with Gasteiger partial charge in [-0.2, -0.15) is 4.39 Å². The summed E-state index contributed by atoms with van der Waals surface area (Å²) in [7, 11) is 0. The van der Waals surface area contributed by atoms with Gasteiger partial charge < -0.3 is 9.47 Å². The molecule has 0 amide bonds. The summed E-state index contributed by atoms with van der Waals surface area (Å²) in [6, 6.07) is 3.93. The number of hydrogen-bond acceptors (Lipinski definition) is 2. The van der Waals surface area contributed by atoms with Crippen molar-refractivity contribution in [1.29, 1.82) is 0 Å². The summed E-state index contributed by atoms with van der Waals surface area (Å²) in [5.74, 6) is -1.83. The third kappa shape index (κ3) is 2.70. The minimum atomic E-state index is -0.921. The predicted octanol–water partition coefficient (Wildman–Crippen LogP) is 2.91. The summed E-state index contributed by atoms with van der Waals surface area (Å²) < 4.78 is 36.6. The summed E-state index contributed by atoms with van der Waals surface area (Å²) in [6.45, 7) is 1.14. The van der Waals surface area contributed by atoms with Crippen LogP contribution in [-0.2, 0) is 4.74 Å². The molecule has 0 aliphatic carbocycles. The molecule has 1 fully saturated rings. The lowest BCUT2D eigenvalue weighted by atomic mass is 10.2. The van der Waals surface area contributed by atoms with E-state index < -0.39 is 11.6 Å². The van der Waals surface area contributed by atoms with Crippen molar-refractivity contribution >= 4 is 0 Å². The highest BCUT2D eigenvalue weighted by Crippen LogP contribution is 2.20. The van der Waals surface area contributed by atoms with Crippen LogP contribution < -0.4 is 4.74 Å². The zero-order valence-corrected chi connectivity index (χ0v) is 8.92. The van der Waals surface area contributed by atoms with Crippen LogP contribution in [-0.4, -0.2) is 19.3 Å². The van der Waals surface area contributed by atoms with E-state index in [9.17, 15) is 8.78 Å². The van der Waals surface area contributed by atoms with E-state index in [0.717, 1.165) is 31.9 Å². The zero-order chi connectivity index (χ0) is 11.4. The second kappa shape index (κ2) is 5.25. The molecule has 0 aromatic heterocycles. The minimum Gasteiger partial charge on any atom is -0.490 e. The summed E-state index contributed by atoms with van der Waals surface area (Å²) in [4.78, 5) is 0. The molecule has 2 rings (SSSR count). The van der Waals surface area contributed by atoms with Crippen molar-refractivity contribution < 1.29 is 18.3 Å². The van der Waals surface area contributed by atoms with Crippen LogP contribution in [0, 0.1) is 11.6 Å². The Kier molecular flexibility index (Phi) is 3.72. The molecule has 1 aromatic carbocycles. The maximum atomic E-state index is 13.2. The van der Waals surface area contributed by atoms with Crippen LogP contribution in [0.25, 0.3) is 0 Å². The highest BCUT2D eigenvalue weighted by molar-refractivity contribution is 5.24. The van der Waals surface area contributed by atoms with E-state index in [2.05, 4.69) is 0 Å². The molecule has 16 heavy (non-hydrogen) atoms. The molecule has 0 spiro atoms. The molecule has 2 nitrogen and oxygen atoms in total. The lowest BCUT2D eigenvalue weighted by Crippen LogP contribution is -2.11. The van der Waals surface area contributed by atoms with Gasteiger partial charge in [0.25, 0.3) is 0 Å². The third-order valence-corrected chi connectivity index (χ3v) is 2.64. The van der Waals surface area contributed by atoms with Crippen LogP contribution in [0.1, 0.15) is 19.3 Å². The smallest absolute Gasteiger partial charge is 0.200 e. The maximum absolute atomic E-state index is 13.2. The van der Waals surface area contributed by atoms with Gasteiger partial charge in [0, 0.05) is 13.0 Å². The van der Waals surface area contributed by atoms with Gasteiger partial charge in [0.1, 0.15) is 0 Å². The van der Waals surface area contributed by atoms with Crippen molar-refractivity contribution in [1.82, 2.24) is 0 Å². The van der Waals surface area contributed by atoms with Gasteiger partial charge in [-0.15, -0.1) is 0 Å². The Balaban J connectivity index is 1.82. The first-order valence-electron chi connectivity index (χ1n) is 5.46. The fraction of sp³-hybridized carbons (Fsp3) is 0.500. The lowest BCUT2D eigenvalue weighted by Gasteiger charge is -2.11. The summed E-state index contributed by atoms with van der Waals surface area (Å²) >= 11 is 0. The van der Waals surface area contributed by atoms with Crippen LogP contribution in [0.3, 0.4) is 0 Å². The monoisotopic (exact) mass is 228 g/mol. The minimum absolute atomic E-state index is 0.0296. The Hall–Kier alpha value is -1.16. The van der Waals surface area contributed by atoms with E-state index in [1.807, 2.05) is 0 Å². The van der Waals surface area contributed by atoms with Gasteiger partial charge in [0.15, 0.2) is 11.6 Å². The molecule has 0 bridgehead atoms. The van der Waals surface area contributed by atoms with E-state index in [1.54, 1.807) is 0 Å². The molecule has 1 aromatic rings. The molecular formula is C12H14F2O2. The van der Waals surface area contributed by atoms with Gasteiger partial charge in [-0.1, -0.05) is 6.07 Å². The number of ether oxygens (including phenoxy) is 2. The van der Waals surface area contributed by atoms with Crippen LogP contribution in [0.15, 0.2) is 18.2 Å². The topological polar surface area (TPSA) is 18.5 Å². The fourth-order valence-electron chi connectivity index (χ4n) is 1.77. The van der Waals surface area contributed by atoms with Gasteiger partial charge >= 0.3 is 0 Å². The Labute approximate surface area is 93.2 Å². The molecule has 1 saturated heterocycles. The van der Waals surface area contributed by atoms with Gasteiger partial charge in [-0.3, -0.25) is 0 Å². The first-order chi connectivity index (χ1) is 7.77. The Morgan fingerprint density at radius 2 is 2.25 bits per heavy atom. The van der Waals surface area contributed by atoms with Gasteiger partial charge in [-0.05, 0) is 25.0 Å². The molecule has 1 aliphatic rings. The Bertz CT molecular complexity index is 349. The number of rotatable bonds is 4. The van der Waals surface area contributed by atoms with Crippen molar-refractivity contribution in [2.75, 3.05) is 13.2 Å². The lowest BCUT2D eigenvalue weighted by molar-refractivity contribution is 0.0896. The molecule has 1 unspecified atom stereocenters. The van der Waals surface area contributed by atoms with E-state index in [1.165, 1.54) is 12.1 Å². The first-order valence-corrected chi connectivity index (χ1v) is 5.46. The van der Waals surface area contributed by atoms with E-state index in [0.29, 0.717) is 6.61 Å². The molecule has 1 heterocycles. The Morgan fingerprint density at radius 3 is 3.00 bits per heavy atom. The van der Waals surface area contributed by atoms with E-state index in [4.69, 9.17) is 9.47 Å². The fourth-order valence-corrected chi connectivity index (χ4v) is 1.77. The number of halogens is 2. The average Bonchev–Trinajstić information content (AvgIpc) is 2.77. The summed E-state index contributed by atoms with van der Waals surface area (Å²) in [5.41, 5.74) is 0. The van der Waals surface area contributed by atoms with Crippen molar-refractivity contribution in [2.24, 2.45) is 0 Å². The van der Waals surface area contributed by atoms with Gasteiger partial charge in [-0.25, -0.2) is 4.39 Å². The quantitative estimate of drug-likeness (QED) is 0.788. The zero-order valence-electron chi connectivity index (χ0n) is 8.92. The van der Waals surface area contributed by atoms with Gasteiger partial charge in [0.2, 0.25) is 5.82 Å². The summed E-state index contributed by atoms with van der Waals surface area (Å²) in [5, 5.41) is 0. The maximum Gasteiger partial charge on any atom is 0.200 e. The molecule has 1 aliphatic heterocycles. The normalized spacial score (nSPS) is 20.0. The number of benzene rings is 1.